The number of halogens is 1. The molecule has 2 aromatic carbocycles. The van der Waals surface area contributed by atoms with Gasteiger partial charge in [0.05, 0.1) is 15.7 Å². The monoisotopic (exact) mass is 403 g/mol. The van der Waals surface area contributed by atoms with Crippen LogP contribution in [0.2, 0.25) is 0 Å². The van der Waals surface area contributed by atoms with E-state index in [1.54, 1.807) is 36.4 Å². The molecule has 3 rings (SSSR count). The summed E-state index contributed by atoms with van der Waals surface area (Å²) in [4.78, 5) is 13.3. The third kappa shape index (κ3) is 4.31. The molecule has 148 valence electrons. The maximum Gasteiger partial charge on any atom is 0.181 e. The van der Waals surface area contributed by atoms with E-state index in [0.29, 0.717) is 29.6 Å². The van der Waals surface area contributed by atoms with Gasteiger partial charge in [-0.05, 0) is 68.4 Å². The van der Waals surface area contributed by atoms with E-state index in [-0.39, 0.29) is 10.8 Å². The molecule has 28 heavy (non-hydrogen) atoms. The quantitative estimate of drug-likeness (QED) is 0.612. The molecule has 1 fully saturated rings. The van der Waals surface area contributed by atoms with Crippen LogP contribution in [0.4, 0.5) is 4.39 Å². The summed E-state index contributed by atoms with van der Waals surface area (Å²) in [6.07, 6.45) is 4.93. The second-order valence-corrected chi connectivity index (χ2v) is 9.24. The van der Waals surface area contributed by atoms with E-state index >= 15 is 0 Å². The highest BCUT2D eigenvalue weighted by Crippen LogP contribution is 2.25. The fourth-order valence-corrected chi connectivity index (χ4v) is 5.01. The minimum atomic E-state index is -3.36. The van der Waals surface area contributed by atoms with Crippen molar-refractivity contribution in [3.8, 4) is 5.75 Å². The van der Waals surface area contributed by atoms with Crippen molar-refractivity contribution in [2.45, 2.75) is 23.0 Å². The molecule has 1 aliphatic rings. The highest BCUT2D eigenvalue weighted by molar-refractivity contribution is 7.92. The lowest BCUT2D eigenvalue weighted by molar-refractivity contribution is 0.112. The number of rotatable bonds is 5. The van der Waals surface area contributed by atoms with Crippen molar-refractivity contribution < 1.29 is 22.7 Å². The Labute approximate surface area is 164 Å². The summed E-state index contributed by atoms with van der Waals surface area (Å²) in [5.74, 6) is -1.54. The molecule has 0 amide bonds. The Balaban J connectivity index is 1.77. The largest absolute Gasteiger partial charge is 0.504 e. The van der Waals surface area contributed by atoms with Gasteiger partial charge < -0.3 is 10.0 Å². The Bertz CT molecular complexity index is 992. The van der Waals surface area contributed by atoms with E-state index < -0.39 is 21.4 Å². The number of phenols is 1. The highest BCUT2D eigenvalue weighted by Gasteiger charge is 2.30. The number of sulfone groups is 1. The molecule has 2 aromatic rings. The van der Waals surface area contributed by atoms with Gasteiger partial charge in [-0.15, -0.1) is 0 Å². The van der Waals surface area contributed by atoms with Crippen LogP contribution in [0.15, 0.2) is 41.3 Å². The zero-order valence-corrected chi connectivity index (χ0v) is 16.3. The molecule has 1 N–H and O–H groups in total. The number of piperidine rings is 1. The molecule has 1 heterocycles. The Morgan fingerprint density at radius 1 is 1.07 bits per heavy atom. The topological polar surface area (TPSA) is 74.7 Å². The first-order valence-corrected chi connectivity index (χ1v) is 10.5. The number of nitrogens with zero attached hydrogens (tertiary/aromatic N) is 1. The summed E-state index contributed by atoms with van der Waals surface area (Å²) in [6, 6.07) is 9.05. The van der Waals surface area contributed by atoms with E-state index in [1.165, 1.54) is 6.07 Å². The maximum atomic E-state index is 13.6. The molecular weight excluding hydrogens is 381 g/mol. The molecule has 0 unspecified atom stereocenters. The first kappa shape index (κ1) is 20.2. The van der Waals surface area contributed by atoms with Gasteiger partial charge in [-0.25, -0.2) is 12.8 Å². The van der Waals surface area contributed by atoms with Crippen LogP contribution in [0.3, 0.4) is 0 Å². The van der Waals surface area contributed by atoms with Crippen molar-refractivity contribution in [2.75, 3.05) is 20.1 Å². The zero-order chi connectivity index (χ0) is 20.3. The summed E-state index contributed by atoms with van der Waals surface area (Å²) in [5, 5.41) is 9.09. The number of hydrogen-bond acceptors (Lipinski definition) is 5. The number of phenolic OH excluding ortho intramolecular Hbond substituents is 1. The summed E-state index contributed by atoms with van der Waals surface area (Å²) in [5.41, 5.74) is 1.03. The Hall–Kier alpha value is -2.51. The van der Waals surface area contributed by atoms with Crippen LogP contribution in [0.1, 0.15) is 34.3 Å². The lowest BCUT2D eigenvalue weighted by Crippen LogP contribution is -2.37. The SMILES string of the molecule is CN1CCC(S(=O)(=O)c2ccc(/C=C/c3cc(F)c(O)c(C=O)c3)cc2)CC1. The highest BCUT2D eigenvalue weighted by atomic mass is 32.2. The zero-order valence-electron chi connectivity index (χ0n) is 15.5. The number of aromatic hydroxyl groups is 1. The molecule has 0 aromatic heterocycles. The normalized spacial score (nSPS) is 16.5. The number of likely N-dealkylation sites (tertiary alicyclic amines) is 1. The van der Waals surface area contributed by atoms with Gasteiger partial charge in [0.2, 0.25) is 0 Å². The molecule has 0 atom stereocenters. The molecule has 1 aliphatic heterocycles. The van der Waals surface area contributed by atoms with Gasteiger partial charge in [0.25, 0.3) is 0 Å². The summed E-state index contributed by atoms with van der Waals surface area (Å²) in [7, 11) is -1.37. The summed E-state index contributed by atoms with van der Waals surface area (Å²) in [6.45, 7) is 1.55. The van der Waals surface area contributed by atoms with Crippen molar-refractivity contribution >= 4 is 28.3 Å². The minimum absolute atomic E-state index is 0.126. The first-order valence-electron chi connectivity index (χ1n) is 8.99. The summed E-state index contributed by atoms with van der Waals surface area (Å²) >= 11 is 0. The molecular formula is C21H22FNO4S. The third-order valence-corrected chi connectivity index (χ3v) is 7.30. The molecule has 0 radical (unpaired) electrons. The van der Waals surface area contributed by atoms with Crippen molar-refractivity contribution in [3.05, 3.63) is 58.9 Å². The Morgan fingerprint density at radius 2 is 1.68 bits per heavy atom. The number of benzene rings is 2. The molecule has 0 aliphatic carbocycles. The lowest BCUT2D eigenvalue weighted by atomic mass is 10.1. The number of hydrogen-bond donors (Lipinski definition) is 1. The molecule has 5 nitrogen and oxygen atoms in total. The maximum absolute atomic E-state index is 13.6. The average Bonchev–Trinajstić information content (AvgIpc) is 2.69. The van der Waals surface area contributed by atoms with E-state index in [2.05, 4.69) is 4.90 Å². The van der Waals surface area contributed by atoms with Gasteiger partial charge in [-0.2, -0.15) is 0 Å². The Morgan fingerprint density at radius 3 is 2.29 bits per heavy atom. The third-order valence-electron chi connectivity index (χ3n) is 5.02. The van der Waals surface area contributed by atoms with Crippen LogP contribution in [0, 0.1) is 5.82 Å². The van der Waals surface area contributed by atoms with Crippen LogP contribution in [0.5, 0.6) is 5.75 Å². The predicted molar refractivity (Wildman–Crippen MR) is 107 cm³/mol. The van der Waals surface area contributed by atoms with Crippen molar-refractivity contribution in [1.82, 2.24) is 4.90 Å². The van der Waals surface area contributed by atoms with Gasteiger partial charge >= 0.3 is 0 Å². The van der Waals surface area contributed by atoms with Crippen LogP contribution in [-0.2, 0) is 9.84 Å². The van der Waals surface area contributed by atoms with E-state index in [0.717, 1.165) is 24.7 Å². The smallest absolute Gasteiger partial charge is 0.181 e. The van der Waals surface area contributed by atoms with Gasteiger partial charge in [0, 0.05) is 0 Å². The molecule has 0 saturated carbocycles. The predicted octanol–water partition coefficient (Wildman–Crippen LogP) is 3.38. The molecule has 7 heteroatoms. The van der Waals surface area contributed by atoms with Crippen LogP contribution in [-0.4, -0.2) is 50.1 Å². The van der Waals surface area contributed by atoms with Crippen LogP contribution in [0.25, 0.3) is 12.2 Å². The van der Waals surface area contributed by atoms with Gasteiger partial charge in [-0.1, -0.05) is 24.3 Å². The lowest BCUT2D eigenvalue weighted by Gasteiger charge is -2.28. The fourth-order valence-electron chi connectivity index (χ4n) is 3.28. The van der Waals surface area contributed by atoms with Crippen LogP contribution < -0.4 is 0 Å². The summed E-state index contributed by atoms with van der Waals surface area (Å²) < 4.78 is 39.2. The standard InChI is InChI=1S/C21H22FNO4S/c1-23-10-8-19(9-11-23)28(26,27)18-6-4-15(5-7-18)2-3-16-12-17(14-24)21(25)20(22)13-16/h2-7,12-14,19,25H,8-11H2,1H3/b3-2+. The Kier molecular flexibility index (Phi) is 5.96. The molecule has 0 spiro atoms. The van der Waals surface area contributed by atoms with Crippen LogP contribution >= 0.6 is 0 Å². The number of aldehydes is 1. The van der Waals surface area contributed by atoms with Gasteiger partial charge in [0.15, 0.2) is 27.7 Å². The van der Waals surface area contributed by atoms with Gasteiger partial charge in [-0.3, -0.25) is 4.79 Å². The number of carbonyl (C=O) groups excluding carboxylic acids is 1. The molecule has 1 saturated heterocycles. The van der Waals surface area contributed by atoms with E-state index in [1.807, 2.05) is 7.05 Å². The van der Waals surface area contributed by atoms with E-state index in [9.17, 15) is 22.7 Å². The number of carbonyl (C=O) groups is 1. The van der Waals surface area contributed by atoms with Crippen molar-refractivity contribution in [2.24, 2.45) is 0 Å². The second kappa shape index (κ2) is 8.24. The van der Waals surface area contributed by atoms with E-state index in [4.69, 9.17) is 0 Å². The fraction of sp³-hybridized carbons (Fsp3) is 0.286. The first-order chi connectivity index (χ1) is 13.3. The molecule has 0 bridgehead atoms. The van der Waals surface area contributed by atoms with Crippen molar-refractivity contribution in [3.63, 3.8) is 0 Å². The second-order valence-electron chi connectivity index (χ2n) is 7.01. The van der Waals surface area contributed by atoms with Gasteiger partial charge in [0.1, 0.15) is 0 Å². The minimum Gasteiger partial charge on any atom is -0.504 e. The van der Waals surface area contributed by atoms with Crippen molar-refractivity contribution in [1.29, 1.82) is 0 Å². The average molecular weight is 403 g/mol.